The maximum absolute atomic E-state index is 11.9. The Morgan fingerprint density at radius 2 is 2.00 bits per heavy atom. The number of phenolic OH excluding ortho intramolecular Hbond substituents is 1. The molecule has 0 saturated carbocycles. The van der Waals surface area contributed by atoms with Gasteiger partial charge in [0, 0.05) is 17.6 Å². The first kappa shape index (κ1) is 19.6. The molecule has 0 aliphatic rings. The van der Waals surface area contributed by atoms with Gasteiger partial charge in [0.15, 0.2) is 17.5 Å². The van der Waals surface area contributed by atoms with Gasteiger partial charge in [-0.1, -0.05) is 12.1 Å². The number of carbonyl (C=O) groups is 1. The van der Waals surface area contributed by atoms with Gasteiger partial charge in [-0.15, -0.1) is 0 Å². The van der Waals surface area contributed by atoms with Gasteiger partial charge in [0.2, 0.25) is 5.91 Å². The van der Waals surface area contributed by atoms with Crippen LogP contribution in [0.25, 0.3) is 0 Å². The summed E-state index contributed by atoms with van der Waals surface area (Å²) in [4.78, 5) is 16.3. The standard InChI is InChI=1S/C17H28N4O3/c1-6-18-16(20-11-14(22)21-17(2,3)4)19-10-12-8-7-9-13(24-5)15(12)23/h7-9,23H,6,10-11H2,1-5H3,(H,21,22)(H2,18,19,20). The van der Waals surface area contributed by atoms with Crippen LogP contribution in [0.4, 0.5) is 0 Å². The maximum Gasteiger partial charge on any atom is 0.239 e. The highest BCUT2D eigenvalue weighted by molar-refractivity contribution is 5.86. The quantitative estimate of drug-likeness (QED) is 0.465. The molecule has 0 aliphatic carbocycles. The summed E-state index contributed by atoms with van der Waals surface area (Å²) in [5.41, 5.74) is 0.367. The van der Waals surface area contributed by atoms with Crippen LogP contribution in [0.5, 0.6) is 11.5 Å². The zero-order valence-corrected chi connectivity index (χ0v) is 15.1. The van der Waals surface area contributed by atoms with Crippen LogP contribution >= 0.6 is 0 Å². The Bertz CT molecular complexity index is 580. The third-order valence-electron chi connectivity index (χ3n) is 2.99. The summed E-state index contributed by atoms with van der Waals surface area (Å²) in [6.45, 7) is 8.76. The van der Waals surface area contributed by atoms with Gasteiger partial charge in [-0.25, -0.2) is 4.99 Å². The van der Waals surface area contributed by atoms with Crippen molar-refractivity contribution in [2.24, 2.45) is 4.99 Å². The molecule has 1 amide bonds. The number of carbonyl (C=O) groups excluding carboxylic acids is 1. The number of hydrogen-bond acceptors (Lipinski definition) is 4. The van der Waals surface area contributed by atoms with E-state index in [0.29, 0.717) is 23.8 Å². The Hall–Kier alpha value is -2.44. The predicted molar refractivity (Wildman–Crippen MR) is 95.4 cm³/mol. The number of phenols is 1. The fourth-order valence-corrected chi connectivity index (χ4v) is 1.99. The number of rotatable bonds is 6. The number of methoxy groups -OCH3 is 1. The average Bonchev–Trinajstić information content (AvgIpc) is 2.49. The molecule has 7 nitrogen and oxygen atoms in total. The molecule has 0 aromatic heterocycles. The highest BCUT2D eigenvalue weighted by Crippen LogP contribution is 2.29. The number of amides is 1. The van der Waals surface area contributed by atoms with Gasteiger partial charge < -0.3 is 25.8 Å². The minimum absolute atomic E-state index is 0.0741. The first-order valence-electron chi connectivity index (χ1n) is 7.95. The Balaban J connectivity index is 2.71. The SMILES string of the molecule is CCNC(=NCc1cccc(OC)c1O)NCC(=O)NC(C)(C)C. The summed E-state index contributed by atoms with van der Waals surface area (Å²) < 4.78 is 5.08. The summed E-state index contributed by atoms with van der Waals surface area (Å²) in [5, 5.41) is 19.0. The lowest BCUT2D eigenvalue weighted by Gasteiger charge is -2.21. The molecule has 0 saturated heterocycles. The Labute approximate surface area is 143 Å². The maximum atomic E-state index is 11.9. The lowest BCUT2D eigenvalue weighted by Crippen LogP contribution is -2.48. The van der Waals surface area contributed by atoms with Gasteiger partial charge in [0.25, 0.3) is 0 Å². The normalized spacial score (nSPS) is 11.8. The van der Waals surface area contributed by atoms with Crippen molar-refractivity contribution < 1.29 is 14.6 Å². The Kier molecular flexibility index (Phi) is 7.35. The average molecular weight is 336 g/mol. The topological polar surface area (TPSA) is 95.0 Å². The van der Waals surface area contributed by atoms with E-state index in [1.807, 2.05) is 27.7 Å². The minimum Gasteiger partial charge on any atom is -0.504 e. The number of aromatic hydroxyl groups is 1. The van der Waals surface area contributed by atoms with Crippen molar-refractivity contribution in [1.82, 2.24) is 16.0 Å². The molecule has 0 heterocycles. The zero-order chi connectivity index (χ0) is 18.2. The van der Waals surface area contributed by atoms with Crippen LogP contribution in [0.2, 0.25) is 0 Å². The molecule has 1 aromatic carbocycles. The van der Waals surface area contributed by atoms with Crippen LogP contribution in [0.1, 0.15) is 33.3 Å². The number of aliphatic imine (C=N–C) groups is 1. The van der Waals surface area contributed by atoms with Crippen molar-refractivity contribution in [2.75, 3.05) is 20.2 Å². The van der Waals surface area contributed by atoms with Crippen LogP contribution in [0, 0.1) is 0 Å². The van der Waals surface area contributed by atoms with Crippen LogP contribution in [0.15, 0.2) is 23.2 Å². The lowest BCUT2D eigenvalue weighted by molar-refractivity contribution is -0.121. The number of para-hydroxylation sites is 1. The molecule has 0 fully saturated rings. The summed E-state index contributed by atoms with van der Waals surface area (Å²) in [7, 11) is 1.50. The van der Waals surface area contributed by atoms with Crippen molar-refractivity contribution in [3.05, 3.63) is 23.8 Å². The molecular formula is C17H28N4O3. The molecule has 1 rings (SSSR count). The Morgan fingerprint density at radius 3 is 2.58 bits per heavy atom. The van der Waals surface area contributed by atoms with E-state index in [1.165, 1.54) is 7.11 Å². The fourth-order valence-electron chi connectivity index (χ4n) is 1.99. The van der Waals surface area contributed by atoms with E-state index >= 15 is 0 Å². The van der Waals surface area contributed by atoms with Gasteiger partial charge in [-0.2, -0.15) is 0 Å². The van der Waals surface area contributed by atoms with Gasteiger partial charge in [0.1, 0.15) is 0 Å². The molecule has 7 heteroatoms. The van der Waals surface area contributed by atoms with Gasteiger partial charge in [-0.05, 0) is 33.8 Å². The van der Waals surface area contributed by atoms with Crippen molar-refractivity contribution in [1.29, 1.82) is 0 Å². The van der Waals surface area contributed by atoms with Gasteiger partial charge in [-0.3, -0.25) is 4.79 Å². The molecule has 0 bridgehead atoms. The smallest absolute Gasteiger partial charge is 0.239 e. The van der Waals surface area contributed by atoms with Crippen molar-refractivity contribution in [3.8, 4) is 11.5 Å². The van der Waals surface area contributed by atoms with E-state index in [4.69, 9.17) is 4.74 Å². The molecular weight excluding hydrogens is 308 g/mol. The van der Waals surface area contributed by atoms with Crippen molar-refractivity contribution >= 4 is 11.9 Å². The molecule has 0 aliphatic heterocycles. The minimum atomic E-state index is -0.277. The number of nitrogens with one attached hydrogen (secondary N) is 3. The number of hydrogen-bond donors (Lipinski definition) is 4. The highest BCUT2D eigenvalue weighted by atomic mass is 16.5. The summed E-state index contributed by atoms with van der Waals surface area (Å²) in [6.07, 6.45) is 0. The van der Waals surface area contributed by atoms with E-state index in [-0.39, 0.29) is 30.3 Å². The monoisotopic (exact) mass is 336 g/mol. The summed E-state index contributed by atoms with van der Waals surface area (Å²) in [5.74, 6) is 0.872. The second-order valence-corrected chi connectivity index (χ2v) is 6.31. The van der Waals surface area contributed by atoms with Crippen LogP contribution < -0.4 is 20.7 Å². The zero-order valence-electron chi connectivity index (χ0n) is 15.1. The van der Waals surface area contributed by atoms with Crippen LogP contribution in [-0.4, -0.2) is 42.7 Å². The first-order valence-corrected chi connectivity index (χ1v) is 7.95. The van der Waals surface area contributed by atoms with E-state index in [0.717, 1.165) is 0 Å². The summed E-state index contributed by atoms with van der Waals surface area (Å²) in [6, 6.07) is 5.25. The lowest BCUT2D eigenvalue weighted by atomic mass is 10.1. The number of benzene rings is 1. The molecule has 0 atom stereocenters. The Morgan fingerprint density at radius 1 is 1.29 bits per heavy atom. The van der Waals surface area contributed by atoms with Crippen LogP contribution in [-0.2, 0) is 11.3 Å². The first-order chi connectivity index (χ1) is 11.3. The van der Waals surface area contributed by atoms with Crippen molar-refractivity contribution in [3.63, 3.8) is 0 Å². The second kappa shape index (κ2) is 9.00. The molecule has 0 spiro atoms. The van der Waals surface area contributed by atoms with Gasteiger partial charge in [0.05, 0.1) is 20.2 Å². The third kappa shape index (κ3) is 6.76. The number of nitrogens with zero attached hydrogens (tertiary/aromatic N) is 1. The van der Waals surface area contributed by atoms with Crippen molar-refractivity contribution in [2.45, 2.75) is 39.8 Å². The third-order valence-corrected chi connectivity index (χ3v) is 2.99. The molecule has 0 unspecified atom stereocenters. The van der Waals surface area contributed by atoms with E-state index in [2.05, 4.69) is 20.9 Å². The molecule has 24 heavy (non-hydrogen) atoms. The van der Waals surface area contributed by atoms with Gasteiger partial charge >= 0.3 is 0 Å². The molecule has 0 radical (unpaired) electrons. The highest BCUT2D eigenvalue weighted by Gasteiger charge is 2.13. The van der Waals surface area contributed by atoms with E-state index in [9.17, 15) is 9.90 Å². The fraction of sp³-hybridized carbons (Fsp3) is 0.529. The number of guanidine groups is 1. The summed E-state index contributed by atoms with van der Waals surface area (Å²) >= 11 is 0. The largest absolute Gasteiger partial charge is 0.504 e. The molecule has 134 valence electrons. The molecule has 1 aromatic rings. The molecule has 4 N–H and O–H groups in total. The van der Waals surface area contributed by atoms with E-state index < -0.39 is 0 Å². The predicted octanol–water partition coefficient (Wildman–Crippen LogP) is 1.37. The van der Waals surface area contributed by atoms with Crippen LogP contribution in [0.3, 0.4) is 0 Å². The number of ether oxygens (including phenoxy) is 1. The van der Waals surface area contributed by atoms with E-state index in [1.54, 1.807) is 18.2 Å². The second-order valence-electron chi connectivity index (χ2n) is 6.31.